The van der Waals surface area contributed by atoms with Gasteiger partial charge in [0.1, 0.15) is 0 Å². The Hall–Kier alpha value is -0.570. The van der Waals surface area contributed by atoms with Gasteiger partial charge in [-0.1, -0.05) is 0 Å². The fourth-order valence-electron chi connectivity index (χ4n) is 0.644. The molecule has 0 amide bonds. The number of esters is 1. The second kappa shape index (κ2) is 5.13. The Balaban J connectivity index is 3.57. The second-order valence-electron chi connectivity index (χ2n) is 2.82. The second-order valence-corrected chi connectivity index (χ2v) is 2.82. The third kappa shape index (κ3) is 4.79. The molecule has 0 fully saturated rings. The summed E-state index contributed by atoms with van der Waals surface area (Å²) in [6, 6.07) is 0.258. The highest BCUT2D eigenvalue weighted by Gasteiger charge is 2.10. The van der Waals surface area contributed by atoms with Gasteiger partial charge in [0.25, 0.3) is 0 Å². The van der Waals surface area contributed by atoms with Gasteiger partial charge in [-0.05, 0) is 27.9 Å². The van der Waals surface area contributed by atoms with E-state index in [0.29, 0.717) is 13.0 Å². The zero-order valence-electron chi connectivity index (χ0n) is 7.76. The van der Waals surface area contributed by atoms with Crippen LogP contribution in [0.25, 0.3) is 0 Å². The van der Waals surface area contributed by atoms with Crippen molar-refractivity contribution in [3.05, 3.63) is 0 Å². The van der Waals surface area contributed by atoms with Crippen LogP contribution in [0.2, 0.25) is 0 Å². The summed E-state index contributed by atoms with van der Waals surface area (Å²) in [6.45, 7) is 4.29. The Morgan fingerprint density at radius 1 is 1.55 bits per heavy atom. The summed E-state index contributed by atoms with van der Waals surface area (Å²) in [5.74, 6) is -0.117. The Kier molecular flexibility index (Phi) is 4.86. The predicted molar refractivity (Wildman–Crippen MR) is 44.4 cm³/mol. The zero-order chi connectivity index (χ0) is 8.85. The maximum atomic E-state index is 10.9. The van der Waals surface area contributed by atoms with Crippen molar-refractivity contribution in [3.8, 4) is 0 Å². The Morgan fingerprint density at radius 2 is 2.09 bits per heavy atom. The number of ether oxygens (including phenoxy) is 1. The molecule has 0 spiro atoms. The minimum Gasteiger partial charge on any atom is -0.466 e. The number of carbonyl (C=O) groups is 1. The van der Waals surface area contributed by atoms with Gasteiger partial charge in [-0.15, -0.1) is 0 Å². The van der Waals surface area contributed by atoms with E-state index in [-0.39, 0.29) is 12.0 Å². The molecule has 0 bridgehead atoms. The van der Waals surface area contributed by atoms with Crippen molar-refractivity contribution < 1.29 is 9.53 Å². The minimum absolute atomic E-state index is 0.117. The van der Waals surface area contributed by atoms with Crippen LogP contribution in [-0.2, 0) is 9.53 Å². The molecule has 0 aliphatic heterocycles. The molecule has 11 heavy (non-hydrogen) atoms. The molecule has 0 saturated heterocycles. The maximum Gasteiger partial charge on any atom is 0.307 e. The summed E-state index contributed by atoms with van der Waals surface area (Å²) < 4.78 is 4.80. The highest BCUT2D eigenvalue weighted by atomic mass is 16.5. The Bertz CT molecular complexity index is 123. The molecule has 0 aromatic rings. The Morgan fingerprint density at radius 3 is 2.45 bits per heavy atom. The van der Waals surface area contributed by atoms with Gasteiger partial charge in [-0.3, -0.25) is 4.79 Å². The summed E-state index contributed by atoms with van der Waals surface area (Å²) >= 11 is 0. The third-order valence-corrected chi connectivity index (χ3v) is 1.65. The van der Waals surface area contributed by atoms with Crippen LogP contribution in [-0.4, -0.2) is 37.6 Å². The molecule has 0 aromatic carbocycles. The lowest BCUT2D eigenvalue weighted by atomic mass is 10.2. The maximum absolute atomic E-state index is 10.9. The summed E-state index contributed by atoms with van der Waals surface area (Å²) in [4.78, 5) is 12.9. The van der Waals surface area contributed by atoms with Gasteiger partial charge >= 0.3 is 5.97 Å². The van der Waals surface area contributed by atoms with E-state index < -0.39 is 0 Å². The van der Waals surface area contributed by atoms with E-state index in [4.69, 9.17) is 4.74 Å². The zero-order valence-corrected chi connectivity index (χ0v) is 7.76. The first kappa shape index (κ1) is 10.4. The van der Waals surface area contributed by atoms with Gasteiger partial charge in [-0.2, -0.15) is 0 Å². The van der Waals surface area contributed by atoms with Gasteiger partial charge in [0.2, 0.25) is 0 Å². The number of hydrogen-bond donors (Lipinski definition) is 0. The minimum atomic E-state index is -0.117. The molecule has 0 heterocycles. The number of carbonyl (C=O) groups excluding carboxylic acids is 1. The summed E-state index contributed by atoms with van der Waals surface area (Å²) in [7, 11) is 3.90. The van der Waals surface area contributed by atoms with E-state index >= 15 is 0 Å². The molecule has 0 radical (unpaired) electrons. The average Bonchev–Trinajstić information content (AvgIpc) is 1.87. The molecule has 66 valence electrons. The summed E-state index contributed by atoms with van der Waals surface area (Å²) in [5, 5.41) is 0. The molecule has 1 atom stereocenters. The predicted octanol–water partition coefficient (Wildman–Crippen LogP) is 0.890. The molecule has 3 heteroatoms. The lowest BCUT2D eigenvalue weighted by Crippen LogP contribution is -2.27. The monoisotopic (exact) mass is 159 g/mol. The molecule has 0 unspecified atom stereocenters. The van der Waals surface area contributed by atoms with Gasteiger partial charge in [0.05, 0.1) is 13.0 Å². The smallest absolute Gasteiger partial charge is 0.307 e. The van der Waals surface area contributed by atoms with Crippen molar-refractivity contribution in [1.82, 2.24) is 4.90 Å². The molecule has 0 aromatic heterocycles. The molecule has 0 N–H and O–H groups in total. The van der Waals surface area contributed by atoms with Gasteiger partial charge in [0.15, 0.2) is 0 Å². The average molecular weight is 159 g/mol. The van der Waals surface area contributed by atoms with Crippen molar-refractivity contribution >= 4 is 5.97 Å². The largest absolute Gasteiger partial charge is 0.466 e. The molecular weight excluding hydrogens is 142 g/mol. The topological polar surface area (TPSA) is 29.5 Å². The van der Waals surface area contributed by atoms with E-state index in [1.54, 1.807) is 0 Å². The normalized spacial score (nSPS) is 13.2. The van der Waals surface area contributed by atoms with Crippen LogP contribution in [0.1, 0.15) is 20.3 Å². The number of nitrogens with zero attached hydrogens (tertiary/aromatic N) is 1. The fourth-order valence-corrected chi connectivity index (χ4v) is 0.644. The summed E-state index contributed by atoms with van der Waals surface area (Å²) in [5.41, 5.74) is 0. The van der Waals surface area contributed by atoms with E-state index in [0.717, 1.165) is 0 Å². The molecule has 0 aliphatic carbocycles. The van der Waals surface area contributed by atoms with E-state index in [1.165, 1.54) is 0 Å². The van der Waals surface area contributed by atoms with E-state index in [1.807, 2.05) is 32.8 Å². The van der Waals surface area contributed by atoms with Crippen molar-refractivity contribution in [2.75, 3.05) is 20.7 Å². The quantitative estimate of drug-likeness (QED) is 0.570. The lowest BCUT2D eigenvalue weighted by Gasteiger charge is -2.18. The van der Waals surface area contributed by atoms with Crippen LogP contribution in [0.4, 0.5) is 0 Å². The van der Waals surface area contributed by atoms with Crippen molar-refractivity contribution in [2.45, 2.75) is 26.3 Å². The van der Waals surface area contributed by atoms with Crippen LogP contribution < -0.4 is 0 Å². The first-order valence-corrected chi connectivity index (χ1v) is 3.90. The fraction of sp³-hybridized carbons (Fsp3) is 0.875. The van der Waals surface area contributed by atoms with Crippen molar-refractivity contribution in [1.29, 1.82) is 0 Å². The van der Waals surface area contributed by atoms with Crippen molar-refractivity contribution in [2.24, 2.45) is 0 Å². The molecule has 0 saturated carbocycles. The molecule has 3 nitrogen and oxygen atoms in total. The van der Waals surface area contributed by atoms with Crippen LogP contribution in [0.5, 0.6) is 0 Å². The third-order valence-electron chi connectivity index (χ3n) is 1.65. The molecule has 0 rings (SSSR count). The standard InChI is InChI=1S/C8H17NO2/c1-5-11-8(10)6-7(2)9(3)4/h7H,5-6H2,1-4H3/t7-/m1/s1. The van der Waals surface area contributed by atoms with E-state index in [9.17, 15) is 4.79 Å². The van der Waals surface area contributed by atoms with Gasteiger partial charge in [-0.25, -0.2) is 0 Å². The van der Waals surface area contributed by atoms with Crippen LogP contribution in [0, 0.1) is 0 Å². The number of rotatable bonds is 4. The van der Waals surface area contributed by atoms with Gasteiger partial charge < -0.3 is 9.64 Å². The molecular formula is C8H17NO2. The SMILES string of the molecule is CCOC(=O)C[C@@H](C)N(C)C. The highest BCUT2D eigenvalue weighted by Crippen LogP contribution is 1.99. The van der Waals surface area contributed by atoms with Crippen LogP contribution in [0.15, 0.2) is 0 Å². The van der Waals surface area contributed by atoms with Crippen LogP contribution in [0.3, 0.4) is 0 Å². The lowest BCUT2D eigenvalue weighted by molar-refractivity contribution is -0.144. The highest BCUT2D eigenvalue weighted by molar-refractivity contribution is 5.69. The van der Waals surface area contributed by atoms with E-state index in [2.05, 4.69) is 0 Å². The summed E-state index contributed by atoms with van der Waals surface area (Å²) in [6.07, 6.45) is 0.473. The first-order valence-electron chi connectivity index (χ1n) is 3.90. The first-order chi connectivity index (χ1) is 5.07. The number of hydrogen-bond acceptors (Lipinski definition) is 3. The Labute approximate surface area is 68.3 Å². The molecule has 0 aliphatic rings. The van der Waals surface area contributed by atoms with Crippen LogP contribution >= 0.6 is 0 Å². The van der Waals surface area contributed by atoms with Gasteiger partial charge in [0, 0.05) is 6.04 Å². The van der Waals surface area contributed by atoms with Crippen molar-refractivity contribution in [3.63, 3.8) is 0 Å².